The third-order valence-corrected chi connectivity index (χ3v) is 9.28. The number of para-hydroxylation sites is 1. The predicted octanol–water partition coefficient (Wildman–Crippen LogP) is 9.66. The first kappa shape index (κ1) is 22.7. The standard InChI is InChI=1S/C39H27NO/c1-40(2)25-12-9-11-24(23-25)26-16-10-17-28-27-13-3-6-18-31(27)39(38(26)28)32-19-7-4-14-29(32)36-33(39)21-22-35-37(36)30-15-5-8-20-34(30)41-35/h3-23H,1-2H3. The molecular weight excluding hydrogens is 498 g/mol. The van der Waals surface area contributed by atoms with Gasteiger partial charge in [-0.05, 0) is 79.9 Å². The van der Waals surface area contributed by atoms with Gasteiger partial charge in [-0.1, -0.05) is 103 Å². The van der Waals surface area contributed by atoms with Gasteiger partial charge in [-0.15, -0.1) is 0 Å². The summed E-state index contributed by atoms with van der Waals surface area (Å²) in [6.07, 6.45) is 0. The molecule has 0 saturated carbocycles. The fourth-order valence-corrected chi connectivity index (χ4v) is 7.69. The number of benzene rings is 6. The van der Waals surface area contributed by atoms with Crippen molar-refractivity contribution in [3.8, 4) is 33.4 Å². The number of hydrogen-bond acceptors (Lipinski definition) is 2. The van der Waals surface area contributed by atoms with Gasteiger partial charge < -0.3 is 9.32 Å². The van der Waals surface area contributed by atoms with Crippen LogP contribution in [0.15, 0.2) is 132 Å². The second kappa shape index (κ2) is 7.99. The van der Waals surface area contributed by atoms with Crippen molar-refractivity contribution in [3.63, 3.8) is 0 Å². The maximum atomic E-state index is 6.41. The Hall–Kier alpha value is -5.08. The van der Waals surface area contributed by atoms with E-state index in [0.29, 0.717) is 0 Å². The van der Waals surface area contributed by atoms with E-state index in [1.807, 2.05) is 0 Å². The fraction of sp³-hybridized carbons (Fsp3) is 0.0769. The molecule has 2 aliphatic rings. The van der Waals surface area contributed by atoms with E-state index in [4.69, 9.17) is 4.42 Å². The Bertz CT molecular complexity index is 2200. The molecule has 2 nitrogen and oxygen atoms in total. The molecule has 0 aliphatic heterocycles. The highest BCUT2D eigenvalue weighted by atomic mass is 16.3. The monoisotopic (exact) mass is 525 g/mol. The minimum atomic E-state index is -0.435. The van der Waals surface area contributed by atoms with Gasteiger partial charge in [0.1, 0.15) is 11.2 Å². The molecule has 1 aromatic heterocycles. The van der Waals surface area contributed by atoms with Crippen LogP contribution < -0.4 is 4.90 Å². The molecule has 1 unspecified atom stereocenters. The van der Waals surface area contributed by atoms with E-state index in [1.54, 1.807) is 0 Å². The summed E-state index contributed by atoms with van der Waals surface area (Å²) >= 11 is 0. The first-order chi connectivity index (χ1) is 20.2. The van der Waals surface area contributed by atoms with E-state index >= 15 is 0 Å². The summed E-state index contributed by atoms with van der Waals surface area (Å²) in [5.74, 6) is 0. The van der Waals surface area contributed by atoms with Crippen molar-refractivity contribution >= 4 is 27.6 Å². The average Bonchev–Trinajstić information content (AvgIpc) is 3.65. The minimum Gasteiger partial charge on any atom is -0.456 e. The second-order valence-corrected chi connectivity index (χ2v) is 11.5. The highest BCUT2D eigenvalue weighted by Crippen LogP contribution is 2.65. The van der Waals surface area contributed by atoms with Crippen LogP contribution in [0.3, 0.4) is 0 Å². The molecule has 7 aromatic rings. The molecule has 1 spiro atoms. The minimum absolute atomic E-state index is 0.435. The topological polar surface area (TPSA) is 16.4 Å². The first-order valence-electron chi connectivity index (χ1n) is 14.2. The van der Waals surface area contributed by atoms with Crippen molar-refractivity contribution in [1.29, 1.82) is 0 Å². The lowest BCUT2D eigenvalue weighted by atomic mass is 9.68. The normalized spacial score (nSPS) is 16.1. The Morgan fingerprint density at radius 2 is 1.22 bits per heavy atom. The summed E-state index contributed by atoms with van der Waals surface area (Å²) < 4.78 is 6.41. The smallest absolute Gasteiger partial charge is 0.136 e. The molecule has 194 valence electrons. The van der Waals surface area contributed by atoms with Crippen molar-refractivity contribution in [2.75, 3.05) is 19.0 Å². The fourth-order valence-electron chi connectivity index (χ4n) is 7.69. The van der Waals surface area contributed by atoms with Gasteiger partial charge in [0.2, 0.25) is 0 Å². The van der Waals surface area contributed by atoms with Gasteiger partial charge in [0.25, 0.3) is 0 Å². The molecular formula is C39H27NO. The summed E-state index contributed by atoms with van der Waals surface area (Å²) in [4.78, 5) is 2.18. The molecule has 6 aromatic carbocycles. The maximum absolute atomic E-state index is 6.41. The van der Waals surface area contributed by atoms with Gasteiger partial charge in [-0.3, -0.25) is 0 Å². The molecule has 1 atom stereocenters. The zero-order valence-corrected chi connectivity index (χ0v) is 23.0. The third-order valence-electron chi connectivity index (χ3n) is 9.28. The van der Waals surface area contributed by atoms with Gasteiger partial charge in [-0.2, -0.15) is 0 Å². The van der Waals surface area contributed by atoms with E-state index < -0.39 is 5.41 Å². The van der Waals surface area contributed by atoms with Crippen LogP contribution in [0.5, 0.6) is 0 Å². The SMILES string of the molecule is CN(C)c1cccc(-c2cccc3c2C2(c4ccccc4-3)c3ccccc3-c3c2ccc2oc4ccccc4c32)c1. The van der Waals surface area contributed by atoms with Crippen LogP contribution in [0, 0.1) is 0 Å². The Morgan fingerprint density at radius 1 is 0.537 bits per heavy atom. The van der Waals surface area contributed by atoms with Crippen molar-refractivity contribution in [2.24, 2.45) is 0 Å². The molecule has 0 radical (unpaired) electrons. The lowest BCUT2D eigenvalue weighted by molar-refractivity contribution is 0.668. The Morgan fingerprint density at radius 3 is 2.07 bits per heavy atom. The van der Waals surface area contributed by atoms with Crippen LogP contribution in [-0.2, 0) is 5.41 Å². The molecule has 1 heterocycles. The summed E-state index contributed by atoms with van der Waals surface area (Å²) in [5, 5.41) is 2.38. The average molecular weight is 526 g/mol. The Labute approximate surface area is 239 Å². The highest BCUT2D eigenvalue weighted by Gasteiger charge is 2.53. The van der Waals surface area contributed by atoms with Crippen LogP contribution in [-0.4, -0.2) is 14.1 Å². The van der Waals surface area contributed by atoms with Crippen molar-refractivity contribution in [1.82, 2.24) is 0 Å². The van der Waals surface area contributed by atoms with Crippen LogP contribution >= 0.6 is 0 Å². The molecule has 0 saturated heterocycles. The number of anilines is 1. The number of furan rings is 1. The summed E-state index contributed by atoms with van der Waals surface area (Å²) in [5.41, 5.74) is 15.8. The van der Waals surface area contributed by atoms with Gasteiger partial charge in [0.15, 0.2) is 0 Å². The van der Waals surface area contributed by atoms with Gasteiger partial charge in [0, 0.05) is 30.6 Å². The Balaban J connectivity index is 1.48. The third kappa shape index (κ3) is 2.77. The molecule has 0 amide bonds. The van der Waals surface area contributed by atoms with Crippen molar-refractivity contribution in [2.45, 2.75) is 5.41 Å². The molecule has 0 fully saturated rings. The number of hydrogen-bond donors (Lipinski definition) is 0. The molecule has 0 N–H and O–H groups in total. The van der Waals surface area contributed by atoms with Crippen LogP contribution in [0.25, 0.3) is 55.3 Å². The van der Waals surface area contributed by atoms with Crippen molar-refractivity contribution in [3.05, 3.63) is 150 Å². The Kier molecular flexibility index (Phi) is 4.42. The lowest BCUT2D eigenvalue weighted by Crippen LogP contribution is -2.26. The maximum Gasteiger partial charge on any atom is 0.136 e. The van der Waals surface area contributed by atoms with E-state index in [2.05, 4.69) is 146 Å². The molecule has 9 rings (SSSR count). The second-order valence-electron chi connectivity index (χ2n) is 11.5. The van der Waals surface area contributed by atoms with Gasteiger partial charge in [0.05, 0.1) is 5.41 Å². The van der Waals surface area contributed by atoms with E-state index in [9.17, 15) is 0 Å². The number of nitrogens with zero attached hydrogens (tertiary/aromatic N) is 1. The first-order valence-corrected chi connectivity index (χ1v) is 14.2. The lowest BCUT2D eigenvalue weighted by Gasteiger charge is -2.32. The highest BCUT2D eigenvalue weighted by molar-refractivity contribution is 6.16. The van der Waals surface area contributed by atoms with Crippen molar-refractivity contribution < 1.29 is 4.42 Å². The van der Waals surface area contributed by atoms with Crippen LogP contribution in [0.1, 0.15) is 22.3 Å². The molecule has 2 heteroatoms. The number of fused-ring (bicyclic) bond motifs is 14. The van der Waals surface area contributed by atoms with Gasteiger partial charge >= 0.3 is 0 Å². The summed E-state index contributed by atoms with van der Waals surface area (Å²) in [6, 6.07) is 46.8. The van der Waals surface area contributed by atoms with Gasteiger partial charge in [-0.25, -0.2) is 0 Å². The zero-order chi connectivity index (χ0) is 27.3. The summed E-state index contributed by atoms with van der Waals surface area (Å²) in [7, 11) is 4.21. The predicted molar refractivity (Wildman–Crippen MR) is 170 cm³/mol. The summed E-state index contributed by atoms with van der Waals surface area (Å²) in [6.45, 7) is 0. The molecule has 41 heavy (non-hydrogen) atoms. The largest absolute Gasteiger partial charge is 0.456 e. The van der Waals surface area contributed by atoms with E-state index in [-0.39, 0.29) is 0 Å². The zero-order valence-electron chi connectivity index (χ0n) is 23.0. The molecule has 0 bridgehead atoms. The van der Waals surface area contributed by atoms with Crippen LogP contribution in [0.2, 0.25) is 0 Å². The van der Waals surface area contributed by atoms with E-state index in [0.717, 1.165) is 11.2 Å². The van der Waals surface area contributed by atoms with E-state index in [1.165, 1.54) is 72.1 Å². The quantitative estimate of drug-likeness (QED) is 0.223. The van der Waals surface area contributed by atoms with Crippen LogP contribution in [0.4, 0.5) is 5.69 Å². The number of rotatable bonds is 2. The molecule has 2 aliphatic carbocycles.